The molecule has 0 aliphatic heterocycles. The fraction of sp³-hybridized carbons (Fsp3) is 0.0714. The topological polar surface area (TPSA) is 37.3 Å². The molecule has 0 spiro atoms. The lowest BCUT2D eigenvalue weighted by molar-refractivity contribution is -0.130. The van der Waals surface area contributed by atoms with Crippen molar-refractivity contribution in [2.24, 2.45) is 0 Å². The first kappa shape index (κ1) is 13.7. The van der Waals surface area contributed by atoms with Gasteiger partial charge in [0.2, 0.25) is 0 Å². The summed E-state index contributed by atoms with van der Waals surface area (Å²) in [5.41, 5.74) is 1.76. The summed E-state index contributed by atoms with van der Waals surface area (Å²) in [6, 6.07) is 7.41. The van der Waals surface area contributed by atoms with Crippen molar-refractivity contribution < 1.29 is 9.90 Å². The lowest BCUT2D eigenvalue weighted by Gasteiger charge is -1.93. The summed E-state index contributed by atoms with van der Waals surface area (Å²) < 4.78 is 0. The van der Waals surface area contributed by atoms with Crippen LogP contribution in [0.2, 0.25) is 0 Å². The Morgan fingerprint density at radius 3 is 2.31 bits per heavy atom. The van der Waals surface area contributed by atoms with Gasteiger partial charge in [-0.2, -0.15) is 0 Å². The predicted octanol–water partition coefficient (Wildman–Crippen LogP) is 2.79. The number of carboxylic acid groups (broad SMARTS) is 1. The Bertz CT molecular complexity index is 428. The van der Waals surface area contributed by atoms with Crippen LogP contribution in [-0.4, -0.2) is 11.1 Å². The first-order chi connectivity index (χ1) is 7.61. The third-order valence-corrected chi connectivity index (χ3v) is 1.62. The molecule has 1 aromatic rings. The van der Waals surface area contributed by atoms with Crippen molar-refractivity contribution in [3.05, 3.63) is 60.7 Å². The highest BCUT2D eigenvalue weighted by atomic mass is 16.4. The van der Waals surface area contributed by atoms with E-state index in [1.54, 1.807) is 18.2 Å². The zero-order chi connectivity index (χ0) is 12.4. The summed E-state index contributed by atoms with van der Waals surface area (Å²) >= 11 is 0. The highest BCUT2D eigenvalue weighted by Gasteiger charge is 1.91. The molecule has 0 fully saturated rings. The minimum Gasteiger partial charge on any atom is -0.472 e. The molecule has 82 valence electrons. The molecule has 0 aliphatic rings. The van der Waals surface area contributed by atoms with Crippen molar-refractivity contribution in [3.8, 4) is 11.8 Å². The van der Waals surface area contributed by atoms with E-state index < -0.39 is 5.97 Å². The SMILES string of the molecule is C=CC=C.Cc1ccccc1C#CC(=O)O. The van der Waals surface area contributed by atoms with Crippen molar-refractivity contribution in [1.29, 1.82) is 0 Å². The Balaban J connectivity index is 0.000000487. The number of aliphatic carboxylic acids is 1. The molecule has 0 saturated carbocycles. The maximum absolute atomic E-state index is 10.1. The minimum atomic E-state index is -1.10. The summed E-state index contributed by atoms with van der Waals surface area (Å²) in [6.07, 6.45) is 3.28. The summed E-state index contributed by atoms with van der Waals surface area (Å²) in [5, 5.41) is 8.29. The lowest BCUT2D eigenvalue weighted by atomic mass is 10.1. The highest BCUT2D eigenvalue weighted by molar-refractivity contribution is 5.87. The van der Waals surface area contributed by atoms with Gasteiger partial charge in [-0.1, -0.05) is 49.4 Å². The van der Waals surface area contributed by atoms with Gasteiger partial charge >= 0.3 is 5.97 Å². The Labute approximate surface area is 95.9 Å². The van der Waals surface area contributed by atoms with Gasteiger partial charge in [-0.3, -0.25) is 0 Å². The van der Waals surface area contributed by atoms with Gasteiger partial charge in [0.1, 0.15) is 0 Å². The number of allylic oxidation sites excluding steroid dienone is 2. The van der Waals surface area contributed by atoms with Crippen molar-refractivity contribution >= 4 is 5.97 Å². The predicted molar refractivity (Wildman–Crippen MR) is 66.1 cm³/mol. The second-order valence-electron chi connectivity index (χ2n) is 2.84. The molecule has 1 N–H and O–H groups in total. The van der Waals surface area contributed by atoms with Crippen molar-refractivity contribution in [2.45, 2.75) is 6.92 Å². The van der Waals surface area contributed by atoms with Crippen LogP contribution in [-0.2, 0) is 4.79 Å². The van der Waals surface area contributed by atoms with E-state index in [9.17, 15) is 4.79 Å². The first-order valence-electron chi connectivity index (χ1n) is 4.65. The average Bonchev–Trinajstić information content (AvgIpc) is 2.28. The highest BCUT2D eigenvalue weighted by Crippen LogP contribution is 2.03. The van der Waals surface area contributed by atoms with Gasteiger partial charge in [0.15, 0.2) is 0 Å². The number of rotatable bonds is 1. The van der Waals surface area contributed by atoms with Gasteiger partial charge in [0, 0.05) is 11.5 Å². The van der Waals surface area contributed by atoms with E-state index in [-0.39, 0.29) is 0 Å². The number of hydrogen-bond donors (Lipinski definition) is 1. The fourth-order valence-electron chi connectivity index (χ4n) is 0.834. The quantitative estimate of drug-likeness (QED) is 0.576. The van der Waals surface area contributed by atoms with Crippen LogP contribution in [0.3, 0.4) is 0 Å². The third-order valence-electron chi connectivity index (χ3n) is 1.62. The zero-order valence-corrected chi connectivity index (χ0v) is 9.23. The smallest absolute Gasteiger partial charge is 0.382 e. The number of aryl methyl sites for hydroxylation is 1. The van der Waals surface area contributed by atoms with E-state index in [1.807, 2.05) is 25.1 Å². The van der Waals surface area contributed by atoms with Gasteiger partial charge in [-0.15, -0.1) is 0 Å². The van der Waals surface area contributed by atoms with Crippen LogP contribution >= 0.6 is 0 Å². The van der Waals surface area contributed by atoms with Gasteiger partial charge in [-0.25, -0.2) is 4.79 Å². The van der Waals surface area contributed by atoms with Crippen LogP contribution in [0.25, 0.3) is 0 Å². The molecule has 0 heterocycles. The second kappa shape index (κ2) is 8.07. The molecule has 1 aromatic carbocycles. The molecule has 0 aromatic heterocycles. The van der Waals surface area contributed by atoms with Crippen LogP contribution in [0, 0.1) is 18.8 Å². The van der Waals surface area contributed by atoms with Crippen LogP contribution in [0.4, 0.5) is 0 Å². The normalized spacial score (nSPS) is 7.56. The molecule has 1 rings (SSSR count). The largest absolute Gasteiger partial charge is 0.472 e. The molecule has 0 aliphatic carbocycles. The Kier molecular flexibility index (Phi) is 6.93. The summed E-state index contributed by atoms with van der Waals surface area (Å²) in [4.78, 5) is 10.1. The van der Waals surface area contributed by atoms with Crippen LogP contribution in [0.5, 0.6) is 0 Å². The molecule has 2 heteroatoms. The van der Waals surface area contributed by atoms with Crippen molar-refractivity contribution in [1.82, 2.24) is 0 Å². The maximum Gasteiger partial charge on any atom is 0.382 e. The molecule has 2 nitrogen and oxygen atoms in total. The third kappa shape index (κ3) is 6.22. The monoisotopic (exact) mass is 214 g/mol. The molecule has 16 heavy (non-hydrogen) atoms. The average molecular weight is 214 g/mol. The minimum absolute atomic E-state index is 0.764. The Morgan fingerprint density at radius 2 is 1.88 bits per heavy atom. The molecule has 0 bridgehead atoms. The molecule has 0 amide bonds. The van der Waals surface area contributed by atoms with Gasteiger partial charge in [0.25, 0.3) is 0 Å². The second-order valence-corrected chi connectivity index (χ2v) is 2.84. The number of carbonyl (C=O) groups is 1. The molecule has 0 unspecified atom stereocenters. The Morgan fingerprint density at radius 1 is 1.31 bits per heavy atom. The van der Waals surface area contributed by atoms with Gasteiger partial charge in [0.05, 0.1) is 0 Å². The van der Waals surface area contributed by atoms with E-state index in [2.05, 4.69) is 25.0 Å². The van der Waals surface area contributed by atoms with Crippen LogP contribution in [0.1, 0.15) is 11.1 Å². The van der Waals surface area contributed by atoms with Crippen LogP contribution in [0.15, 0.2) is 49.6 Å². The first-order valence-corrected chi connectivity index (χ1v) is 4.65. The summed E-state index contributed by atoms with van der Waals surface area (Å²) in [5.74, 6) is 3.53. The Hall–Kier alpha value is -2.27. The standard InChI is InChI=1S/C10H8O2.C4H6/c1-8-4-2-3-5-9(8)6-7-10(11)12;1-3-4-2/h2-5H,1H3,(H,11,12);3-4H,1-2H2. The molecule has 0 saturated heterocycles. The van der Waals surface area contributed by atoms with E-state index in [0.717, 1.165) is 11.1 Å². The van der Waals surface area contributed by atoms with E-state index >= 15 is 0 Å². The maximum atomic E-state index is 10.1. The van der Waals surface area contributed by atoms with Crippen LogP contribution < -0.4 is 0 Å². The number of benzene rings is 1. The number of hydrogen-bond acceptors (Lipinski definition) is 1. The van der Waals surface area contributed by atoms with Crippen molar-refractivity contribution in [3.63, 3.8) is 0 Å². The van der Waals surface area contributed by atoms with E-state index in [0.29, 0.717) is 0 Å². The van der Waals surface area contributed by atoms with E-state index in [4.69, 9.17) is 5.11 Å². The molecule has 0 radical (unpaired) electrons. The zero-order valence-electron chi connectivity index (χ0n) is 9.23. The van der Waals surface area contributed by atoms with Gasteiger partial charge in [-0.05, 0) is 18.6 Å². The van der Waals surface area contributed by atoms with Gasteiger partial charge < -0.3 is 5.11 Å². The fourth-order valence-corrected chi connectivity index (χ4v) is 0.834. The molecule has 0 atom stereocenters. The summed E-state index contributed by atoms with van der Waals surface area (Å²) in [7, 11) is 0. The van der Waals surface area contributed by atoms with Crippen molar-refractivity contribution in [2.75, 3.05) is 0 Å². The summed E-state index contributed by atoms with van der Waals surface area (Å²) in [6.45, 7) is 8.62. The molecular formula is C14H14O2. The molecular weight excluding hydrogens is 200 g/mol. The van der Waals surface area contributed by atoms with E-state index in [1.165, 1.54) is 0 Å². The number of carboxylic acids is 1. The lowest BCUT2D eigenvalue weighted by Crippen LogP contribution is -1.88.